The molecule has 1 aromatic rings. The Kier molecular flexibility index (Phi) is 4.07. The van der Waals surface area contributed by atoms with Crippen LogP contribution in [0.5, 0.6) is 0 Å². The van der Waals surface area contributed by atoms with Crippen LogP contribution in [0.3, 0.4) is 0 Å². The van der Waals surface area contributed by atoms with Crippen molar-refractivity contribution in [2.75, 3.05) is 7.11 Å². The predicted octanol–water partition coefficient (Wildman–Crippen LogP) is 1.25. The van der Waals surface area contributed by atoms with Gasteiger partial charge >= 0.3 is 0 Å². The molecule has 1 aromatic carbocycles. The van der Waals surface area contributed by atoms with E-state index in [0.29, 0.717) is 0 Å². The van der Waals surface area contributed by atoms with E-state index >= 15 is 0 Å². The average molecular weight is 196 g/mol. The summed E-state index contributed by atoms with van der Waals surface area (Å²) in [4.78, 5) is 0. The van der Waals surface area contributed by atoms with Crippen LogP contribution < -0.4 is 0 Å². The lowest BCUT2D eigenvalue weighted by atomic mass is 9.99. The van der Waals surface area contributed by atoms with Crippen molar-refractivity contribution >= 4 is 0 Å². The molecule has 0 aliphatic heterocycles. The second kappa shape index (κ2) is 5.10. The van der Waals surface area contributed by atoms with Crippen LogP contribution in [0.2, 0.25) is 0 Å². The lowest BCUT2D eigenvalue weighted by Gasteiger charge is -2.20. The van der Waals surface area contributed by atoms with E-state index in [9.17, 15) is 5.11 Å². The molecule has 3 nitrogen and oxygen atoms in total. The molecule has 0 spiro atoms. The molecule has 0 bridgehead atoms. The molecule has 0 heterocycles. The Morgan fingerprint density at radius 1 is 1.36 bits per heavy atom. The molecule has 2 N–H and O–H groups in total. The van der Waals surface area contributed by atoms with Gasteiger partial charge in [0.15, 0.2) is 0 Å². The minimum absolute atomic E-state index is 0.0389. The number of benzene rings is 1. The minimum Gasteiger partial charge on any atom is -0.392 e. The summed E-state index contributed by atoms with van der Waals surface area (Å²) in [6.45, 7) is 1.63. The zero-order valence-electron chi connectivity index (χ0n) is 8.47. The lowest BCUT2D eigenvalue weighted by Crippen LogP contribution is -2.18. The standard InChI is InChI=1S/C11H16O3/c1-8(13)11(14-2)10-6-4-3-5-9(10)7-12/h3-6,8,11-13H,7H2,1-2H3. The maximum Gasteiger partial charge on any atom is 0.108 e. The third-order valence-corrected chi connectivity index (χ3v) is 2.22. The topological polar surface area (TPSA) is 49.7 Å². The molecule has 0 fully saturated rings. The van der Waals surface area contributed by atoms with Crippen molar-refractivity contribution in [1.82, 2.24) is 0 Å². The number of rotatable bonds is 4. The molecule has 0 saturated heterocycles. The molecule has 78 valence electrons. The van der Waals surface area contributed by atoms with Gasteiger partial charge < -0.3 is 14.9 Å². The van der Waals surface area contributed by atoms with Crippen molar-refractivity contribution in [3.8, 4) is 0 Å². The summed E-state index contributed by atoms with van der Waals surface area (Å²) in [5.41, 5.74) is 1.63. The lowest BCUT2D eigenvalue weighted by molar-refractivity contribution is -0.00451. The molecular weight excluding hydrogens is 180 g/mol. The molecule has 3 heteroatoms. The molecule has 0 aliphatic rings. The molecule has 2 unspecified atom stereocenters. The summed E-state index contributed by atoms with van der Waals surface area (Å²) in [6, 6.07) is 7.39. The first kappa shape index (κ1) is 11.2. The van der Waals surface area contributed by atoms with Gasteiger partial charge in [0, 0.05) is 7.11 Å². The molecule has 14 heavy (non-hydrogen) atoms. The third kappa shape index (κ3) is 2.32. The highest BCUT2D eigenvalue weighted by Gasteiger charge is 2.18. The third-order valence-electron chi connectivity index (χ3n) is 2.22. The molecule has 0 amide bonds. The van der Waals surface area contributed by atoms with Crippen LogP contribution in [0.4, 0.5) is 0 Å². The van der Waals surface area contributed by atoms with Gasteiger partial charge in [-0.05, 0) is 18.1 Å². The van der Waals surface area contributed by atoms with Gasteiger partial charge in [0.25, 0.3) is 0 Å². The van der Waals surface area contributed by atoms with Gasteiger partial charge in [-0.1, -0.05) is 24.3 Å². The maximum absolute atomic E-state index is 9.48. The summed E-state index contributed by atoms with van der Waals surface area (Å²) >= 11 is 0. The predicted molar refractivity (Wildman–Crippen MR) is 53.8 cm³/mol. The first-order valence-corrected chi connectivity index (χ1v) is 4.60. The zero-order chi connectivity index (χ0) is 10.6. The van der Waals surface area contributed by atoms with Gasteiger partial charge in [0.2, 0.25) is 0 Å². The van der Waals surface area contributed by atoms with Gasteiger partial charge in [-0.2, -0.15) is 0 Å². The highest BCUT2D eigenvalue weighted by atomic mass is 16.5. The Morgan fingerprint density at radius 3 is 2.50 bits per heavy atom. The van der Waals surface area contributed by atoms with Crippen LogP contribution in [0.25, 0.3) is 0 Å². The van der Waals surface area contributed by atoms with Crippen molar-refractivity contribution in [2.45, 2.75) is 25.7 Å². The molecular formula is C11H16O3. The monoisotopic (exact) mass is 196 g/mol. The Morgan fingerprint density at radius 2 is 2.00 bits per heavy atom. The smallest absolute Gasteiger partial charge is 0.108 e. The van der Waals surface area contributed by atoms with E-state index in [0.717, 1.165) is 11.1 Å². The van der Waals surface area contributed by atoms with Crippen LogP contribution >= 0.6 is 0 Å². The van der Waals surface area contributed by atoms with Crippen molar-refractivity contribution in [3.05, 3.63) is 35.4 Å². The van der Waals surface area contributed by atoms with Crippen LogP contribution in [0, 0.1) is 0 Å². The van der Waals surface area contributed by atoms with E-state index in [2.05, 4.69) is 0 Å². The van der Waals surface area contributed by atoms with Crippen molar-refractivity contribution in [3.63, 3.8) is 0 Å². The summed E-state index contributed by atoms with van der Waals surface area (Å²) in [5, 5.41) is 18.6. The average Bonchev–Trinajstić information content (AvgIpc) is 2.19. The SMILES string of the molecule is COC(c1ccccc1CO)C(C)O. The van der Waals surface area contributed by atoms with E-state index in [1.54, 1.807) is 14.0 Å². The van der Waals surface area contributed by atoms with E-state index in [-0.39, 0.29) is 12.7 Å². The number of hydrogen-bond donors (Lipinski definition) is 2. The fraction of sp³-hybridized carbons (Fsp3) is 0.455. The highest BCUT2D eigenvalue weighted by Crippen LogP contribution is 2.24. The van der Waals surface area contributed by atoms with Crippen molar-refractivity contribution in [2.24, 2.45) is 0 Å². The summed E-state index contributed by atoms with van der Waals surface area (Å²) in [6.07, 6.45) is -0.967. The molecule has 1 rings (SSSR count). The van der Waals surface area contributed by atoms with Gasteiger partial charge in [0.05, 0.1) is 12.7 Å². The van der Waals surface area contributed by atoms with E-state index in [4.69, 9.17) is 9.84 Å². The van der Waals surface area contributed by atoms with Gasteiger partial charge in [0.1, 0.15) is 6.10 Å². The summed E-state index contributed by atoms with van der Waals surface area (Å²) < 4.78 is 5.18. The normalized spacial score (nSPS) is 15.1. The Labute approximate surface area is 84.0 Å². The quantitative estimate of drug-likeness (QED) is 0.762. The summed E-state index contributed by atoms with van der Waals surface area (Å²) in [7, 11) is 1.55. The fourth-order valence-corrected chi connectivity index (χ4v) is 1.54. The number of aliphatic hydroxyl groups excluding tert-OH is 2. The van der Waals surface area contributed by atoms with Crippen LogP contribution in [0.1, 0.15) is 24.2 Å². The van der Waals surface area contributed by atoms with E-state index < -0.39 is 6.10 Å². The molecule has 0 radical (unpaired) electrons. The van der Waals surface area contributed by atoms with Crippen LogP contribution in [0.15, 0.2) is 24.3 Å². The number of methoxy groups -OCH3 is 1. The molecule has 0 saturated carbocycles. The highest BCUT2D eigenvalue weighted by molar-refractivity contribution is 5.29. The second-order valence-electron chi connectivity index (χ2n) is 3.25. The molecule has 0 aliphatic carbocycles. The van der Waals surface area contributed by atoms with Crippen molar-refractivity contribution in [1.29, 1.82) is 0 Å². The maximum atomic E-state index is 9.48. The van der Waals surface area contributed by atoms with Crippen LogP contribution in [-0.2, 0) is 11.3 Å². The number of ether oxygens (including phenoxy) is 1. The van der Waals surface area contributed by atoms with Gasteiger partial charge in [-0.3, -0.25) is 0 Å². The fourth-order valence-electron chi connectivity index (χ4n) is 1.54. The minimum atomic E-state index is -0.590. The molecule has 2 atom stereocenters. The largest absolute Gasteiger partial charge is 0.392 e. The van der Waals surface area contributed by atoms with Gasteiger partial charge in [-0.15, -0.1) is 0 Å². The van der Waals surface area contributed by atoms with E-state index in [1.807, 2.05) is 24.3 Å². The number of hydrogen-bond acceptors (Lipinski definition) is 3. The Balaban J connectivity index is 3.02. The Hall–Kier alpha value is -0.900. The van der Waals surface area contributed by atoms with Gasteiger partial charge in [-0.25, -0.2) is 0 Å². The van der Waals surface area contributed by atoms with E-state index in [1.165, 1.54) is 0 Å². The molecule has 0 aromatic heterocycles. The number of aliphatic hydroxyl groups is 2. The first-order valence-electron chi connectivity index (χ1n) is 4.60. The van der Waals surface area contributed by atoms with Crippen molar-refractivity contribution < 1.29 is 14.9 Å². The summed E-state index contributed by atoms with van der Waals surface area (Å²) in [5.74, 6) is 0. The zero-order valence-corrected chi connectivity index (χ0v) is 8.47. The first-order chi connectivity index (χ1) is 6.70. The Bertz CT molecular complexity index is 284. The van der Waals surface area contributed by atoms with Crippen LogP contribution in [-0.4, -0.2) is 23.4 Å². The second-order valence-corrected chi connectivity index (χ2v) is 3.25.